The number of rotatable bonds is 2. The lowest BCUT2D eigenvalue weighted by atomic mass is 9.87. The third-order valence-corrected chi connectivity index (χ3v) is 3.91. The predicted molar refractivity (Wildman–Crippen MR) is 61.1 cm³/mol. The largest absolute Gasteiger partial charge is 0.360 e. The van der Waals surface area contributed by atoms with E-state index >= 15 is 0 Å². The fraction of sp³-hybridized carbons (Fsp3) is 0.750. The van der Waals surface area contributed by atoms with E-state index in [4.69, 9.17) is 4.52 Å². The van der Waals surface area contributed by atoms with Crippen LogP contribution >= 0.6 is 0 Å². The number of hydrogen-bond acceptors (Lipinski definition) is 4. The van der Waals surface area contributed by atoms with Crippen LogP contribution in [0.3, 0.4) is 0 Å². The summed E-state index contributed by atoms with van der Waals surface area (Å²) in [7, 11) is 0. The highest BCUT2D eigenvalue weighted by atomic mass is 16.5. The van der Waals surface area contributed by atoms with Crippen molar-refractivity contribution in [2.75, 3.05) is 26.2 Å². The van der Waals surface area contributed by atoms with Crippen LogP contribution in [0, 0.1) is 12.3 Å². The summed E-state index contributed by atoms with van der Waals surface area (Å²) in [4.78, 5) is 2.49. The molecule has 3 heterocycles. The van der Waals surface area contributed by atoms with E-state index < -0.39 is 0 Å². The van der Waals surface area contributed by atoms with Crippen LogP contribution in [0.15, 0.2) is 10.6 Å². The number of likely N-dealkylation sites (tertiary alicyclic amines) is 1. The van der Waals surface area contributed by atoms with Gasteiger partial charge in [0.15, 0.2) is 5.76 Å². The van der Waals surface area contributed by atoms with Gasteiger partial charge in [-0.25, -0.2) is 0 Å². The molecule has 0 aliphatic carbocycles. The first kappa shape index (κ1) is 10.3. The molecule has 1 N–H and O–H groups in total. The Morgan fingerprint density at radius 1 is 1.56 bits per heavy atom. The minimum atomic E-state index is 0.551. The topological polar surface area (TPSA) is 41.3 Å². The number of aryl methyl sites for hydroxylation is 1. The molecule has 0 saturated carbocycles. The molecule has 1 aromatic rings. The maximum atomic E-state index is 5.27. The maximum absolute atomic E-state index is 5.27. The molecule has 1 unspecified atom stereocenters. The van der Waals surface area contributed by atoms with Crippen molar-refractivity contribution in [3.63, 3.8) is 0 Å². The second-order valence-corrected chi connectivity index (χ2v) is 5.32. The number of aromatic nitrogens is 1. The van der Waals surface area contributed by atoms with Crippen molar-refractivity contribution in [3.05, 3.63) is 17.5 Å². The summed E-state index contributed by atoms with van der Waals surface area (Å²) in [5.74, 6) is 1.00. The first-order valence-corrected chi connectivity index (χ1v) is 6.11. The van der Waals surface area contributed by atoms with Crippen LogP contribution in [0.4, 0.5) is 0 Å². The molecule has 0 radical (unpaired) electrons. The van der Waals surface area contributed by atoms with Gasteiger partial charge in [-0.1, -0.05) is 5.16 Å². The lowest BCUT2D eigenvalue weighted by Gasteiger charge is -2.22. The zero-order valence-electron chi connectivity index (χ0n) is 9.83. The van der Waals surface area contributed by atoms with Gasteiger partial charge in [-0.05, 0) is 38.3 Å². The highest BCUT2D eigenvalue weighted by molar-refractivity contribution is 5.04. The molecule has 2 aliphatic heterocycles. The van der Waals surface area contributed by atoms with Crippen molar-refractivity contribution in [3.8, 4) is 0 Å². The first-order chi connectivity index (χ1) is 7.76. The summed E-state index contributed by atoms with van der Waals surface area (Å²) in [6.07, 6.45) is 2.66. The SMILES string of the molecule is Cc1cc(CN2CCC3(CCNC3)C2)on1. The van der Waals surface area contributed by atoms with E-state index in [0.717, 1.165) is 18.0 Å². The molecule has 2 fully saturated rings. The van der Waals surface area contributed by atoms with Crippen LogP contribution in [-0.2, 0) is 6.54 Å². The quantitative estimate of drug-likeness (QED) is 0.814. The maximum Gasteiger partial charge on any atom is 0.150 e. The molecule has 4 nitrogen and oxygen atoms in total. The van der Waals surface area contributed by atoms with E-state index in [1.165, 1.54) is 39.0 Å². The molecule has 1 aromatic heterocycles. The van der Waals surface area contributed by atoms with Crippen LogP contribution in [0.2, 0.25) is 0 Å². The van der Waals surface area contributed by atoms with E-state index in [9.17, 15) is 0 Å². The molecule has 88 valence electrons. The third kappa shape index (κ3) is 1.87. The molecule has 16 heavy (non-hydrogen) atoms. The van der Waals surface area contributed by atoms with Crippen LogP contribution in [0.25, 0.3) is 0 Å². The third-order valence-electron chi connectivity index (χ3n) is 3.91. The Morgan fingerprint density at radius 3 is 3.19 bits per heavy atom. The van der Waals surface area contributed by atoms with E-state index in [1.807, 2.05) is 13.0 Å². The Balaban J connectivity index is 1.61. The lowest BCUT2D eigenvalue weighted by Crippen LogP contribution is -2.28. The minimum Gasteiger partial charge on any atom is -0.360 e. The highest BCUT2D eigenvalue weighted by Crippen LogP contribution is 2.36. The van der Waals surface area contributed by atoms with Crippen molar-refractivity contribution in [2.24, 2.45) is 5.41 Å². The average Bonchev–Trinajstić information content (AvgIpc) is 2.94. The van der Waals surface area contributed by atoms with Crippen molar-refractivity contribution >= 4 is 0 Å². The van der Waals surface area contributed by atoms with Gasteiger partial charge < -0.3 is 9.84 Å². The van der Waals surface area contributed by atoms with E-state index in [2.05, 4.69) is 15.4 Å². The monoisotopic (exact) mass is 221 g/mol. The van der Waals surface area contributed by atoms with Gasteiger partial charge in [-0.2, -0.15) is 0 Å². The van der Waals surface area contributed by atoms with E-state index in [1.54, 1.807) is 0 Å². The molecule has 1 atom stereocenters. The summed E-state index contributed by atoms with van der Waals surface area (Å²) in [5, 5.41) is 7.41. The van der Waals surface area contributed by atoms with Gasteiger partial charge in [0, 0.05) is 19.2 Å². The molecular formula is C12H19N3O. The van der Waals surface area contributed by atoms with E-state index in [0.29, 0.717) is 5.41 Å². The lowest BCUT2D eigenvalue weighted by molar-refractivity contribution is 0.239. The second-order valence-electron chi connectivity index (χ2n) is 5.32. The summed E-state index contributed by atoms with van der Waals surface area (Å²) in [6, 6.07) is 2.04. The highest BCUT2D eigenvalue weighted by Gasteiger charge is 2.40. The van der Waals surface area contributed by atoms with Crippen LogP contribution in [0.1, 0.15) is 24.3 Å². The van der Waals surface area contributed by atoms with Crippen molar-refractivity contribution < 1.29 is 4.52 Å². The standard InChI is InChI=1S/C12H19N3O/c1-10-6-11(16-14-10)7-15-5-3-12(9-15)2-4-13-8-12/h6,13H,2-5,7-9H2,1H3. The Morgan fingerprint density at radius 2 is 2.50 bits per heavy atom. The van der Waals surface area contributed by atoms with Crippen molar-refractivity contribution in [1.82, 2.24) is 15.4 Å². The molecule has 0 amide bonds. The van der Waals surface area contributed by atoms with Crippen LogP contribution < -0.4 is 5.32 Å². The molecule has 4 heteroatoms. The zero-order valence-corrected chi connectivity index (χ0v) is 9.83. The van der Waals surface area contributed by atoms with Crippen molar-refractivity contribution in [1.29, 1.82) is 0 Å². The molecular weight excluding hydrogens is 202 g/mol. The number of hydrogen-bond donors (Lipinski definition) is 1. The van der Waals surface area contributed by atoms with Crippen molar-refractivity contribution in [2.45, 2.75) is 26.3 Å². The predicted octanol–water partition coefficient (Wildman–Crippen LogP) is 1.17. The normalized spacial score (nSPS) is 30.6. The van der Waals surface area contributed by atoms with Gasteiger partial charge in [0.2, 0.25) is 0 Å². The summed E-state index contributed by atoms with van der Waals surface area (Å²) >= 11 is 0. The first-order valence-electron chi connectivity index (χ1n) is 6.11. The molecule has 2 aliphatic rings. The number of nitrogens with zero attached hydrogens (tertiary/aromatic N) is 2. The Hall–Kier alpha value is -0.870. The summed E-state index contributed by atoms with van der Waals surface area (Å²) < 4.78 is 5.27. The molecule has 3 rings (SSSR count). The second kappa shape index (κ2) is 3.86. The van der Waals surface area contributed by atoms with Gasteiger partial charge in [0.25, 0.3) is 0 Å². The Bertz CT molecular complexity index is 368. The van der Waals surface area contributed by atoms with Crippen LogP contribution in [0.5, 0.6) is 0 Å². The van der Waals surface area contributed by atoms with Gasteiger partial charge in [0.1, 0.15) is 0 Å². The Kier molecular flexibility index (Phi) is 2.48. The van der Waals surface area contributed by atoms with E-state index in [-0.39, 0.29) is 0 Å². The molecule has 1 spiro atoms. The fourth-order valence-electron chi connectivity index (χ4n) is 3.02. The zero-order chi connectivity index (χ0) is 11.0. The number of nitrogens with one attached hydrogen (secondary N) is 1. The van der Waals surface area contributed by atoms with Gasteiger partial charge in [-0.15, -0.1) is 0 Å². The van der Waals surface area contributed by atoms with Crippen LogP contribution in [-0.4, -0.2) is 36.2 Å². The molecule has 0 bridgehead atoms. The van der Waals surface area contributed by atoms with Gasteiger partial charge in [-0.3, -0.25) is 4.90 Å². The summed E-state index contributed by atoms with van der Waals surface area (Å²) in [6.45, 7) is 7.68. The molecule has 2 saturated heterocycles. The Labute approximate surface area is 96.0 Å². The summed E-state index contributed by atoms with van der Waals surface area (Å²) in [5.41, 5.74) is 1.53. The minimum absolute atomic E-state index is 0.551. The fourth-order valence-corrected chi connectivity index (χ4v) is 3.02. The van der Waals surface area contributed by atoms with Gasteiger partial charge in [0.05, 0.1) is 12.2 Å². The smallest absolute Gasteiger partial charge is 0.150 e. The average molecular weight is 221 g/mol. The molecule has 0 aromatic carbocycles. The van der Waals surface area contributed by atoms with Gasteiger partial charge >= 0.3 is 0 Å².